The lowest BCUT2D eigenvalue weighted by Crippen LogP contribution is -2.26. The molecule has 1 atom stereocenters. The summed E-state index contributed by atoms with van der Waals surface area (Å²) < 4.78 is 4.87. The minimum absolute atomic E-state index is 0.101. The van der Waals surface area contributed by atoms with Gasteiger partial charge in [-0.15, -0.1) is 0 Å². The number of hydrogen-bond acceptors (Lipinski definition) is 3. The highest BCUT2D eigenvalue weighted by Gasteiger charge is 2.29. The number of nitrogens with two attached hydrogens (primary N) is 1. The first-order chi connectivity index (χ1) is 7.82. The Balaban J connectivity index is 2.99. The summed E-state index contributed by atoms with van der Waals surface area (Å²) in [5.74, 6) is 0.108. The number of primary amides is 1. The highest BCUT2D eigenvalue weighted by molar-refractivity contribution is 5.64. The van der Waals surface area contributed by atoms with Crippen LogP contribution in [0.15, 0.2) is 24.3 Å². The van der Waals surface area contributed by atoms with Crippen LogP contribution in [0, 0.1) is 5.41 Å². The van der Waals surface area contributed by atoms with Crippen molar-refractivity contribution >= 4 is 6.09 Å². The fourth-order valence-corrected chi connectivity index (χ4v) is 1.75. The monoisotopic (exact) mass is 237 g/mol. The first kappa shape index (κ1) is 13.4. The predicted octanol–water partition coefficient (Wildman–Crippen LogP) is 2.62. The zero-order valence-corrected chi connectivity index (χ0v) is 10.4. The van der Waals surface area contributed by atoms with Gasteiger partial charge in [0.25, 0.3) is 0 Å². The molecule has 1 amide bonds. The van der Waals surface area contributed by atoms with Gasteiger partial charge in [0.05, 0.1) is 0 Å². The fourth-order valence-electron chi connectivity index (χ4n) is 1.75. The van der Waals surface area contributed by atoms with Crippen molar-refractivity contribution in [1.29, 1.82) is 0 Å². The first-order valence-electron chi connectivity index (χ1n) is 5.52. The Hall–Kier alpha value is -1.71. The molecule has 1 unspecified atom stereocenters. The summed E-state index contributed by atoms with van der Waals surface area (Å²) in [5, 5.41) is 9.84. The number of amides is 1. The second-order valence-corrected chi connectivity index (χ2v) is 5.11. The lowest BCUT2D eigenvalue weighted by molar-refractivity contribution is 0.125. The standard InChI is InChI=1S/C13H19NO3/c1-13(2,3)10(8-17-12(14)16)9-6-4-5-7-11(9)15/h4-7,10,15H,8H2,1-3H3,(H2,14,16). The Morgan fingerprint density at radius 2 is 2.00 bits per heavy atom. The van der Waals surface area contributed by atoms with E-state index in [1.807, 2.05) is 32.9 Å². The molecular weight excluding hydrogens is 218 g/mol. The summed E-state index contributed by atoms with van der Waals surface area (Å²) in [4.78, 5) is 10.7. The van der Waals surface area contributed by atoms with Crippen molar-refractivity contribution in [2.45, 2.75) is 26.7 Å². The van der Waals surface area contributed by atoms with Crippen molar-refractivity contribution in [2.75, 3.05) is 6.61 Å². The van der Waals surface area contributed by atoms with Gasteiger partial charge < -0.3 is 15.6 Å². The molecule has 0 aromatic heterocycles. The molecule has 4 nitrogen and oxygen atoms in total. The van der Waals surface area contributed by atoms with E-state index in [-0.39, 0.29) is 23.7 Å². The molecule has 94 valence electrons. The molecule has 0 bridgehead atoms. The summed E-state index contributed by atoms with van der Waals surface area (Å²) >= 11 is 0. The number of aromatic hydroxyl groups is 1. The number of carbonyl (C=O) groups excluding carboxylic acids is 1. The molecule has 0 aliphatic heterocycles. The molecule has 0 radical (unpaired) electrons. The van der Waals surface area contributed by atoms with Crippen LogP contribution in [0.3, 0.4) is 0 Å². The first-order valence-corrected chi connectivity index (χ1v) is 5.52. The number of phenolic OH excluding ortho intramolecular Hbond substituents is 1. The van der Waals surface area contributed by atoms with Crippen molar-refractivity contribution in [1.82, 2.24) is 0 Å². The normalized spacial score (nSPS) is 13.1. The van der Waals surface area contributed by atoms with Gasteiger partial charge in [-0.1, -0.05) is 39.0 Å². The number of ether oxygens (including phenoxy) is 1. The fraction of sp³-hybridized carbons (Fsp3) is 0.462. The topological polar surface area (TPSA) is 72.5 Å². The highest BCUT2D eigenvalue weighted by atomic mass is 16.5. The average Bonchev–Trinajstić information content (AvgIpc) is 2.18. The van der Waals surface area contributed by atoms with Gasteiger partial charge in [0.15, 0.2) is 0 Å². The van der Waals surface area contributed by atoms with Gasteiger partial charge in [-0.25, -0.2) is 4.79 Å². The van der Waals surface area contributed by atoms with Crippen LogP contribution in [0.4, 0.5) is 4.79 Å². The van der Waals surface area contributed by atoms with Crippen LogP contribution >= 0.6 is 0 Å². The lowest BCUT2D eigenvalue weighted by atomic mass is 9.76. The number of benzene rings is 1. The summed E-state index contributed by atoms with van der Waals surface area (Å²) in [6.45, 7) is 6.23. The van der Waals surface area contributed by atoms with Crippen LogP contribution in [0.5, 0.6) is 5.75 Å². The Morgan fingerprint density at radius 1 is 1.41 bits per heavy atom. The van der Waals surface area contributed by atoms with Gasteiger partial charge in [0.2, 0.25) is 0 Å². The summed E-state index contributed by atoms with van der Waals surface area (Å²) in [5.41, 5.74) is 5.60. The van der Waals surface area contributed by atoms with Gasteiger partial charge in [-0.05, 0) is 11.5 Å². The zero-order chi connectivity index (χ0) is 13.1. The van der Waals surface area contributed by atoms with E-state index in [2.05, 4.69) is 0 Å². The van der Waals surface area contributed by atoms with E-state index < -0.39 is 6.09 Å². The lowest BCUT2D eigenvalue weighted by Gasteiger charge is -2.30. The molecule has 17 heavy (non-hydrogen) atoms. The second kappa shape index (κ2) is 5.08. The number of hydrogen-bond donors (Lipinski definition) is 2. The van der Waals surface area contributed by atoms with Crippen LogP contribution in [0.1, 0.15) is 32.3 Å². The van der Waals surface area contributed by atoms with Crippen LogP contribution in [-0.2, 0) is 4.74 Å². The van der Waals surface area contributed by atoms with Gasteiger partial charge >= 0.3 is 6.09 Å². The molecule has 1 aromatic rings. The molecule has 0 saturated heterocycles. The van der Waals surface area contributed by atoms with Crippen LogP contribution in [0.25, 0.3) is 0 Å². The number of para-hydroxylation sites is 1. The molecule has 1 rings (SSSR count). The van der Waals surface area contributed by atoms with Gasteiger partial charge in [-0.2, -0.15) is 0 Å². The number of carbonyl (C=O) groups is 1. The Bertz CT molecular complexity index is 396. The van der Waals surface area contributed by atoms with Gasteiger partial charge in [-0.3, -0.25) is 0 Å². The number of phenols is 1. The summed E-state index contributed by atoms with van der Waals surface area (Å²) in [6.07, 6.45) is -0.797. The maximum Gasteiger partial charge on any atom is 0.404 e. The van der Waals surface area contributed by atoms with Gasteiger partial charge in [0.1, 0.15) is 12.4 Å². The molecule has 0 aliphatic rings. The third-order valence-electron chi connectivity index (χ3n) is 2.75. The second-order valence-electron chi connectivity index (χ2n) is 5.11. The maximum atomic E-state index is 10.7. The molecule has 0 heterocycles. The summed E-state index contributed by atoms with van der Waals surface area (Å²) in [6, 6.07) is 7.06. The van der Waals surface area contributed by atoms with Crippen LogP contribution in [0.2, 0.25) is 0 Å². The molecular formula is C13H19NO3. The molecule has 0 spiro atoms. The molecule has 0 fully saturated rings. The van der Waals surface area contributed by atoms with Crippen molar-refractivity contribution in [3.63, 3.8) is 0 Å². The van der Waals surface area contributed by atoms with Crippen molar-refractivity contribution < 1.29 is 14.6 Å². The smallest absolute Gasteiger partial charge is 0.404 e. The van der Waals surface area contributed by atoms with E-state index in [4.69, 9.17) is 10.5 Å². The predicted molar refractivity (Wildman–Crippen MR) is 65.8 cm³/mol. The average molecular weight is 237 g/mol. The minimum Gasteiger partial charge on any atom is -0.508 e. The highest BCUT2D eigenvalue weighted by Crippen LogP contribution is 2.38. The molecule has 4 heteroatoms. The molecule has 3 N–H and O–H groups in total. The van der Waals surface area contributed by atoms with E-state index >= 15 is 0 Å². The molecule has 0 aliphatic carbocycles. The number of rotatable bonds is 3. The SMILES string of the molecule is CC(C)(C)C(COC(N)=O)c1ccccc1O. The largest absolute Gasteiger partial charge is 0.508 e. The third-order valence-corrected chi connectivity index (χ3v) is 2.75. The van der Waals surface area contributed by atoms with E-state index in [9.17, 15) is 9.90 Å². The third kappa shape index (κ3) is 3.66. The Morgan fingerprint density at radius 3 is 2.47 bits per heavy atom. The van der Waals surface area contributed by atoms with Crippen LogP contribution < -0.4 is 5.73 Å². The Kier molecular flexibility index (Phi) is 3.99. The minimum atomic E-state index is -0.797. The maximum absolute atomic E-state index is 10.7. The van der Waals surface area contributed by atoms with E-state index in [1.165, 1.54) is 0 Å². The zero-order valence-electron chi connectivity index (χ0n) is 10.4. The van der Waals surface area contributed by atoms with E-state index in [0.717, 1.165) is 5.56 Å². The van der Waals surface area contributed by atoms with Crippen molar-refractivity contribution in [3.8, 4) is 5.75 Å². The van der Waals surface area contributed by atoms with Gasteiger partial charge in [0, 0.05) is 11.5 Å². The van der Waals surface area contributed by atoms with Crippen molar-refractivity contribution in [3.05, 3.63) is 29.8 Å². The van der Waals surface area contributed by atoms with E-state index in [0.29, 0.717) is 0 Å². The quantitative estimate of drug-likeness (QED) is 0.848. The summed E-state index contributed by atoms with van der Waals surface area (Å²) in [7, 11) is 0. The molecule has 0 saturated carbocycles. The van der Waals surface area contributed by atoms with E-state index in [1.54, 1.807) is 12.1 Å². The van der Waals surface area contributed by atoms with Crippen molar-refractivity contribution in [2.24, 2.45) is 11.1 Å². The Labute approximate surface area is 101 Å². The molecule has 1 aromatic carbocycles. The van der Waals surface area contributed by atoms with Crippen LogP contribution in [-0.4, -0.2) is 17.8 Å².